The molecule has 1 saturated heterocycles. The van der Waals surface area contributed by atoms with Crippen LogP contribution in [0.15, 0.2) is 24.3 Å². The lowest BCUT2D eigenvalue weighted by Crippen LogP contribution is -2.33. The van der Waals surface area contributed by atoms with Crippen molar-refractivity contribution in [2.75, 3.05) is 25.1 Å². The van der Waals surface area contributed by atoms with Crippen molar-refractivity contribution >= 4 is 11.7 Å². The van der Waals surface area contributed by atoms with Gasteiger partial charge in [-0.05, 0) is 42.5 Å². The number of carbonyl (C=O) groups is 1. The van der Waals surface area contributed by atoms with Crippen molar-refractivity contribution in [2.45, 2.75) is 19.8 Å². The summed E-state index contributed by atoms with van der Waals surface area (Å²) in [6.07, 6.45) is 2.13. The molecule has 2 rings (SSSR count). The number of rotatable bonds is 4. The molecule has 0 unspecified atom stereocenters. The summed E-state index contributed by atoms with van der Waals surface area (Å²) in [6.45, 7) is 4.81. The number of carboxylic acids is 1. The van der Waals surface area contributed by atoms with Gasteiger partial charge in [-0.1, -0.05) is 6.92 Å². The standard InChI is InChI=1S/C14H19NO3/c1-14(6-8-18-9-7-14)10-15-12-4-2-11(3-5-12)13(16)17/h2-5,15H,6-10H2,1H3,(H,16,17). The van der Waals surface area contributed by atoms with E-state index in [9.17, 15) is 4.79 Å². The lowest BCUT2D eigenvalue weighted by molar-refractivity contribution is 0.0300. The van der Waals surface area contributed by atoms with Crippen molar-refractivity contribution < 1.29 is 14.6 Å². The van der Waals surface area contributed by atoms with E-state index in [1.165, 1.54) is 0 Å². The van der Waals surface area contributed by atoms with E-state index >= 15 is 0 Å². The van der Waals surface area contributed by atoms with Crippen LogP contribution in [-0.4, -0.2) is 30.8 Å². The molecular weight excluding hydrogens is 230 g/mol. The first-order valence-electron chi connectivity index (χ1n) is 6.24. The summed E-state index contributed by atoms with van der Waals surface area (Å²) in [6, 6.07) is 6.87. The highest BCUT2D eigenvalue weighted by molar-refractivity contribution is 5.87. The highest BCUT2D eigenvalue weighted by atomic mass is 16.5. The molecule has 1 heterocycles. The number of hydrogen-bond donors (Lipinski definition) is 2. The quantitative estimate of drug-likeness (QED) is 0.861. The maximum absolute atomic E-state index is 10.7. The van der Waals surface area contributed by atoms with E-state index in [0.29, 0.717) is 5.56 Å². The van der Waals surface area contributed by atoms with Crippen LogP contribution < -0.4 is 5.32 Å². The Morgan fingerprint density at radius 1 is 1.33 bits per heavy atom. The molecule has 0 saturated carbocycles. The Bertz CT molecular complexity index is 408. The first-order chi connectivity index (χ1) is 8.59. The summed E-state index contributed by atoms with van der Waals surface area (Å²) in [4.78, 5) is 10.7. The predicted octanol–water partition coefficient (Wildman–Crippen LogP) is 2.61. The normalized spacial score (nSPS) is 18.3. The molecule has 1 aliphatic heterocycles. The van der Waals surface area contributed by atoms with Gasteiger partial charge >= 0.3 is 5.97 Å². The van der Waals surface area contributed by atoms with Gasteiger partial charge in [-0.3, -0.25) is 0 Å². The first kappa shape index (κ1) is 12.9. The monoisotopic (exact) mass is 249 g/mol. The Morgan fingerprint density at radius 3 is 2.50 bits per heavy atom. The summed E-state index contributed by atoms with van der Waals surface area (Å²) in [5.41, 5.74) is 1.55. The average Bonchev–Trinajstić information content (AvgIpc) is 2.38. The largest absolute Gasteiger partial charge is 0.478 e. The van der Waals surface area contributed by atoms with E-state index in [0.717, 1.165) is 38.3 Å². The fourth-order valence-corrected chi connectivity index (χ4v) is 2.09. The summed E-state index contributed by atoms with van der Waals surface area (Å²) in [5, 5.41) is 12.2. The van der Waals surface area contributed by atoms with Crippen molar-refractivity contribution in [1.82, 2.24) is 0 Å². The number of anilines is 1. The van der Waals surface area contributed by atoms with Crippen LogP contribution in [0.3, 0.4) is 0 Å². The summed E-state index contributed by atoms with van der Waals surface area (Å²) < 4.78 is 5.37. The molecule has 0 aromatic heterocycles. The van der Waals surface area contributed by atoms with Gasteiger partial charge in [-0.15, -0.1) is 0 Å². The van der Waals surface area contributed by atoms with Crippen LogP contribution in [0.4, 0.5) is 5.69 Å². The van der Waals surface area contributed by atoms with E-state index < -0.39 is 5.97 Å². The van der Waals surface area contributed by atoms with Crippen LogP contribution in [-0.2, 0) is 4.74 Å². The molecule has 0 radical (unpaired) electrons. The molecule has 4 nitrogen and oxygen atoms in total. The Hall–Kier alpha value is -1.55. The van der Waals surface area contributed by atoms with Gasteiger partial charge in [0.2, 0.25) is 0 Å². The van der Waals surface area contributed by atoms with Crippen LogP contribution in [0.5, 0.6) is 0 Å². The lowest BCUT2D eigenvalue weighted by atomic mass is 9.82. The number of nitrogens with one attached hydrogen (secondary N) is 1. The van der Waals surface area contributed by atoms with Crippen LogP contribution in [0.25, 0.3) is 0 Å². The molecule has 2 N–H and O–H groups in total. The molecule has 98 valence electrons. The molecule has 4 heteroatoms. The molecule has 1 aromatic rings. The van der Waals surface area contributed by atoms with E-state index in [1.807, 2.05) is 12.1 Å². The van der Waals surface area contributed by atoms with Crippen LogP contribution in [0.1, 0.15) is 30.1 Å². The topological polar surface area (TPSA) is 58.6 Å². The summed E-state index contributed by atoms with van der Waals surface area (Å²) in [5.74, 6) is -0.891. The molecule has 0 bridgehead atoms. The van der Waals surface area contributed by atoms with E-state index in [4.69, 9.17) is 9.84 Å². The highest BCUT2D eigenvalue weighted by Gasteiger charge is 2.26. The van der Waals surface area contributed by atoms with Gasteiger partial charge in [0.05, 0.1) is 5.56 Å². The molecule has 1 aliphatic rings. The molecule has 18 heavy (non-hydrogen) atoms. The van der Waals surface area contributed by atoms with Crippen LogP contribution >= 0.6 is 0 Å². The van der Waals surface area contributed by atoms with Crippen molar-refractivity contribution in [3.63, 3.8) is 0 Å². The van der Waals surface area contributed by atoms with Crippen molar-refractivity contribution in [3.8, 4) is 0 Å². The lowest BCUT2D eigenvalue weighted by Gasteiger charge is -2.33. The van der Waals surface area contributed by atoms with Crippen LogP contribution in [0, 0.1) is 5.41 Å². The Morgan fingerprint density at radius 2 is 1.94 bits per heavy atom. The minimum Gasteiger partial charge on any atom is -0.478 e. The van der Waals surface area contributed by atoms with Gasteiger partial charge in [0.25, 0.3) is 0 Å². The maximum Gasteiger partial charge on any atom is 0.335 e. The van der Waals surface area contributed by atoms with E-state index in [-0.39, 0.29) is 5.41 Å². The van der Waals surface area contributed by atoms with Gasteiger partial charge in [0.1, 0.15) is 0 Å². The Kier molecular flexibility index (Phi) is 3.87. The number of ether oxygens (including phenoxy) is 1. The molecule has 1 aromatic carbocycles. The Balaban J connectivity index is 1.91. The second kappa shape index (κ2) is 5.40. The van der Waals surface area contributed by atoms with E-state index in [1.54, 1.807) is 12.1 Å². The van der Waals surface area contributed by atoms with Gasteiger partial charge in [0.15, 0.2) is 0 Å². The van der Waals surface area contributed by atoms with Gasteiger partial charge < -0.3 is 15.2 Å². The number of benzene rings is 1. The minimum absolute atomic E-state index is 0.268. The van der Waals surface area contributed by atoms with Gasteiger partial charge in [-0.2, -0.15) is 0 Å². The SMILES string of the molecule is CC1(CNc2ccc(C(=O)O)cc2)CCOCC1. The molecule has 0 spiro atoms. The third-order valence-electron chi connectivity index (χ3n) is 3.55. The van der Waals surface area contributed by atoms with Gasteiger partial charge in [0, 0.05) is 25.4 Å². The molecule has 0 aliphatic carbocycles. The number of aromatic carboxylic acids is 1. The van der Waals surface area contributed by atoms with Crippen molar-refractivity contribution in [1.29, 1.82) is 0 Å². The highest BCUT2D eigenvalue weighted by Crippen LogP contribution is 2.29. The van der Waals surface area contributed by atoms with Crippen molar-refractivity contribution in [3.05, 3.63) is 29.8 Å². The zero-order chi connectivity index (χ0) is 13.0. The summed E-state index contributed by atoms with van der Waals surface area (Å²) >= 11 is 0. The first-order valence-corrected chi connectivity index (χ1v) is 6.24. The second-order valence-corrected chi connectivity index (χ2v) is 5.16. The molecule has 0 amide bonds. The smallest absolute Gasteiger partial charge is 0.335 e. The molecule has 1 fully saturated rings. The zero-order valence-electron chi connectivity index (χ0n) is 10.6. The Labute approximate surface area is 107 Å². The fraction of sp³-hybridized carbons (Fsp3) is 0.500. The molecular formula is C14H19NO3. The molecule has 0 atom stereocenters. The predicted molar refractivity (Wildman–Crippen MR) is 70.1 cm³/mol. The van der Waals surface area contributed by atoms with Gasteiger partial charge in [-0.25, -0.2) is 4.79 Å². The van der Waals surface area contributed by atoms with E-state index in [2.05, 4.69) is 12.2 Å². The fourth-order valence-electron chi connectivity index (χ4n) is 2.09. The van der Waals surface area contributed by atoms with Crippen molar-refractivity contribution in [2.24, 2.45) is 5.41 Å². The number of hydrogen-bond acceptors (Lipinski definition) is 3. The third kappa shape index (κ3) is 3.23. The summed E-state index contributed by atoms with van der Waals surface area (Å²) in [7, 11) is 0. The zero-order valence-corrected chi connectivity index (χ0v) is 10.6. The average molecular weight is 249 g/mol. The van der Waals surface area contributed by atoms with Crippen LogP contribution in [0.2, 0.25) is 0 Å². The minimum atomic E-state index is -0.891. The third-order valence-corrected chi connectivity index (χ3v) is 3.55. The second-order valence-electron chi connectivity index (χ2n) is 5.16. The number of carboxylic acid groups (broad SMARTS) is 1. The maximum atomic E-state index is 10.7.